The third-order valence-electron chi connectivity index (χ3n) is 2.74. The lowest BCUT2D eigenvalue weighted by atomic mass is 9.99. The van der Waals surface area contributed by atoms with Crippen LogP contribution in [0.1, 0.15) is 37.8 Å². The third-order valence-corrected chi connectivity index (χ3v) is 3.09. The van der Waals surface area contributed by atoms with Gasteiger partial charge in [0.2, 0.25) is 0 Å². The van der Waals surface area contributed by atoms with Crippen LogP contribution in [0.3, 0.4) is 0 Å². The summed E-state index contributed by atoms with van der Waals surface area (Å²) in [6.07, 6.45) is 2.29. The fourth-order valence-electron chi connectivity index (χ4n) is 1.70. The summed E-state index contributed by atoms with van der Waals surface area (Å²) in [6, 6.07) is 6.00. The highest BCUT2D eigenvalue weighted by Crippen LogP contribution is 2.20. The summed E-state index contributed by atoms with van der Waals surface area (Å²) in [7, 11) is 0. The molecule has 16 heavy (non-hydrogen) atoms. The minimum atomic E-state index is -0.275. The van der Waals surface area contributed by atoms with Crippen LogP contribution in [-0.2, 0) is 6.42 Å². The standard InChI is InChI=1S/C14H21ClO/c1-10(2)4-7-13(16)9-12-6-5-11(3)8-14(12)15/h5-6,8,10,13,16H,4,7,9H2,1-3H3. The summed E-state index contributed by atoms with van der Waals surface area (Å²) in [5.74, 6) is 0.642. The quantitative estimate of drug-likeness (QED) is 0.825. The lowest BCUT2D eigenvalue weighted by Crippen LogP contribution is -2.11. The molecule has 1 aromatic carbocycles. The van der Waals surface area contributed by atoms with E-state index in [1.807, 2.05) is 25.1 Å². The van der Waals surface area contributed by atoms with E-state index in [1.165, 1.54) is 0 Å². The normalized spacial score (nSPS) is 13.1. The number of halogens is 1. The second-order valence-electron chi connectivity index (χ2n) is 4.92. The van der Waals surface area contributed by atoms with Gasteiger partial charge in [-0.25, -0.2) is 0 Å². The first-order valence-electron chi connectivity index (χ1n) is 5.92. The van der Waals surface area contributed by atoms with Crippen LogP contribution in [0.15, 0.2) is 18.2 Å². The van der Waals surface area contributed by atoms with Crippen LogP contribution in [0.5, 0.6) is 0 Å². The van der Waals surface area contributed by atoms with E-state index in [4.69, 9.17) is 11.6 Å². The molecule has 0 aliphatic heterocycles. The minimum Gasteiger partial charge on any atom is -0.393 e. The van der Waals surface area contributed by atoms with Crippen LogP contribution in [0.4, 0.5) is 0 Å². The van der Waals surface area contributed by atoms with Gasteiger partial charge in [-0.3, -0.25) is 0 Å². The molecule has 0 saturated heterocycles. The summed E-state index contributed by atoms with van der Waals surface area (Å²) in [5.41, 5.74) is 2.20. The number of aliphatic hydroxyl groups excluding tert-OH is 1. The maximum Gasteiger partial charge on any atom is 0.0581 e. The molecule has 0 aromatic heterocycles. The second kappa shape index (κ2) is 6.27. The third kappa shape index (κ3) is 4.54. The Balaban J connectivity index is 2.52. The van der Waals surface area contributed by atoms with Gasteiger partial charge in [0, 0.05) is 5.02 Å². The van der Waals surface area contributed by atoms with Gasteiger partial charge < -0.3 is 5.11 Å². The summed E-state index contributed by atoms with van der Waals surface area (Å²) >= 11 is 6.13. The molecule has 0 spiro atoms. The average Bonchev–Trinajstić information content (AvgIpc) is 2.19. The molecule has 0 amide bonds. The molecule has 1 atom stereocenters. The van der Waals surface area contributed by atoms with Crippen LogP contribution in [-0.4, -0.2) is 11.2 Å². The van der Waals surface area contributed by atoms with Gasteiger partial charge >= 0.3 is 0 Å². The molecule has 0 bridgehead atoms. The molecule has 0 radical (unpaired) electrons. The van der Waals surface area contributed by atoms with Gasteiger partial charge in [0.05, 0.1) is 6.10 Å². The predicted octanol–water partition coefficient (Wildman–Crippen LogP) is 3.99. The molecule has 1 rings (SSSR count). The minimum absolute atomic E-state index is 0.275. The molecule has 1 N–H and O–H groups in total. The molecular formula is C14H21ClO. The SMILES string of the molecule is Cc1ccc(CC(O)CCC(C)C)c(Cl)c1. The van der Waals surface area contributed by atoms with E-state index >= 15 is 0 Å². The van der Waals surface area contributed by atoms with Crippen molar-refractivity contribution in [2.75, 3.05) is 0 Å². The maximum atomic E-state index is 9.89. The van der Waals surface area contributed by atoms with E-state index in [0.29, 0.717) is 12.3 Å². The Morgan fingerprint density at radius 3 is 2.50 bits per heavy atom. The van der Waals surface area contributed by atoms with Crippen molar-refractivity contribution in [1.29, 1.82) is 0 Å². The lowest BCUT2D eigenvalue weighted by molar-refractivity contribution is 0.157. The molecule has 0 aliphatic rings. The Bertz CT molecular complexity index is 334. The van der Waals surface area contributed by atoms with Crippen LogP contribution in [0, 0.1) is 12.8 Å². The fraction of sp³-hybridized carbons (Fsp3) is 0.571. The second-order valence-corrected chi connectivity index (χ2v) is 5.33. The first-order chi connectivity index (χ1) is 7.49. The molecule has 2 heteroatoms. The number of hydrogen-bond acceptors (Lipinski definition) is 1. The van der Waals surface area contributed by atoms with E-state index in [2.05, 4.69) is 13.8 Å². The Hall–Kier alpha value is -0.530. The zero-order chi connectivity index (χ0) is 12.1. The van der Waals surface area contributed by atoms with Crippen LogP contribution in [0.2, 0.25) is 5.02 Å². The van der Waals surface area contributed by atoms with E-state index in [0.717, 1.165) is 29.0 Å². The van der Waals surface area contributed by atoms with Crippen LogP contribution in [0.25, 0.3) is 0 Å². The van der Waals surface area contributed by atoms with Gasteiger partial charge in [-0.1, -0.05) is 37.6 Å². The van der Waals surface area contributed by atoms with Crippen molar-refractivity contribution in [3.63, 3.8) is 0 Å². The largest absolute Gasteiger partial charge is 0.393 e. The van der Waals surface area contributed by atoms with Gasteiger partial charge in [0.1, 0.15) is 0 Å². The Morgan fingerprint density at radius 1 is 1.25 bits per heavy atom. The molecule has 90 valence electrons. The van der Waals surface area contributed by atoms with Gasteiger partial charge in [0.15, 0.2) is 0 Å². The molecular weight excluding hydrogens is 220 g/mol. The highest BCUT2D eigenvalue weighted by molar-refractivity contribution is 6.31. The van der Waals surface area contributed by atoms with Crippen molar-refractivity contribution >= 4 is 11.6 Å². The van der Waals surface area contributed by atoms with Crippen molar-refractivity contribution in [3.05, 3.63) is 34.3 Å². The first-order valence-corrected chi connectivity index (χ1v) is 6.30. The highest BCUT2D eigenvalue weighted by atomic mass is 35.5. The number of aryl methyl sites for hydroxylation is 1. The van der Waals surface area contributed by atoms with E-state index in [1.54, 1.807) is 0 Å². The van der Waals surface area contributed by atoms with Gasteiger partial charge in [0.25, 0.3) is 0 Å². The number of aliphatic hydroxyl groups is 1. The molecule has 1 nitrogen and oxygen atoms in total. The average molecular weight is 241 g/mol. The van der Waals surface area contributed by atoms with Crippen molar-refractivity contribution in [3.8, 4) is 0 Å². The molecule has 1 unspecified atom stereocenters. The van der Waals surface area contributed by atoms with E-state index in [-0.39, 0.29) is 6.10 Å². The number of hydrogen-bond donors (Lipinski definition) is 1. The summed E-state index contributed by atoms with van der Waals surface area (Å²) < 4.78 is 0. The lowest BCUT2D eigenvalue weighted by Gasteiger charge is -2.13. The Labute approximate surface area is 103 Å². The summed E-state index contributed by atoms with van der Waals surface area (Å²) in [6.45, 7) is 6.36. The topological polar surface area (TPSA) is 20.2 Å². The van der Waals surface area contributed by atoms with Crippen LogP contribution >= 0.6 is 11.6 Å². The molecule has 0 fully saturated rings. The summed E-state index contributed by atoms with van der Waals surface area (Å²) in [4.78, 5) is 0. The van der Waals surface area contributed by atoms with Crippen LogP contribution < -0.4 is 0 Å². The molecule has 1 aromatic rings. The van der Waals surface area contributed by atoms with Gasteiger partial charge in [-0.15, -0.1) is 0 Å². The fourth-order valence-corrected chi connectivity index (χ4v) is 2.01. The summed E-state index contributed by atoms with van der Waals surface area (Å²) in [5, 5.41) is 10.7. The van der Waals surface area contributed by atoms with Crippen molar-refractivity contribution < 1.29 is 5.11 Å². The molecule has 0 heterocycles. The zero-order valence-electron chi connectivity index (χ0n) is 10.3. The maximum absolute atomic E-state index is 9.89. The van der Waals surface area contributed by atoms with Crippen molar-refractivity contribution in [1.82, 2.24) is 0 Å². The first kappa shape index (κ1) is 13.5. The van der Waals surface area contributed by atoms with Crippen molar-refractivity contribution in [2.24, 2.45) is 5.92 Å². The Morgan fingerprint density at radius 2 is 1.94 bits per heavy atom. The van der Waals surface area contributed by atoms with E-state index in [9.17, 15) is 5.11 Å². The van der Waals surface area contributed by atoms with Crippen molar-refractivity contribution in [2.45, 2.75) is 46.1 Å². The predicted molar refractivity (Wildman–Crippen MR) is 70.0 cm³/mol. The number of benzene rings is 1. The monoisotopic (exact) mass is 240 g/mol. The Kier molecular flexibility index (Phi) is 5.30. The molecule has 0 aliphatic carbocycles. The highest BCUT2D eigenvalue weighted by Gasteiger charge is 2.09. The molecule has 0 saturated carbocycles. The van der Waals surface area contributed by atoms with Gasteiger partial charge in [-0.05, 0) is 49.3 Å². The van der Waals surface area contributed by atoms with E-state index < -0.39 is 0 Å². The smallest absolute Gasteiger partial charge is 0.0581 e. The zero-order valence-corrected chi connectivity index (χ0v) is 11.1. The number of rotatable bonds is 5. The van der Waals surface area contributed by atoms with Gasteiger partial charge in [-0.2, -0.15) is 0 Å².